The van der Waals surface area contributed by atoms with E-state index < -0.39 is 23.8 Å². The standard InChI is InChI=1S/C48H59N11O10/c1-30-35-28-52-48(54-43(35)58(32-7-4-5-8-32)46(65)41(30)31(2)60)53-38-13-11-33(27-51-38)57-18-16-56(17-19-57)20-22-68-24-26-69-25-23-67-21-15-49-39(61)29-50-36-10-6-9-34-42(36)47(66)59(44(34)63)37-12-14-40(62)55(3)45(37)64/h6,9-11,13,27-28,32,37,50H,4-5,7-8,12,14-26,29H2,1-3H3,(H,49,61)(H,51,52,53,54). The van der Waals surface area contributed by atoms with E-state index >= 15 is 0 Å². The van der Waals surface area contributed by atoms with Gasteiger partial charge in [-0.1, -0.05) is 18.9 Å². The second kappa shape index (κ2) is 22.2. The van der Waals surface area contributed by atoms with Gasteiger partial charge in [0, 0.05) is 76.0 Å². The molecule has 4 aliphatic rings. The zero-order chi connectivity index (χ0) is 48.6. The van der Waals surface area contributed by atoms with Crippen molar-refractivity contribution in [2.24, 2.45) is 0 Å². The van der Waals surface area contributed by atoms with Crippen LogP contribution in [-0.4, -0.2) is 168 Å². The van der Waals surface area contributed by atoms with Crippen LogP contribution in [0.15, 0.2) is 47.5 Å². The molecule has 1 unspecified atom stereocenters. The average Bonchev–Trinajstić information content (AvgIpc) is 3.97. The summed E-state index contributed by atoms with van der Waals surface area (Å²) in [4.78, 5) is 110. The van der Waals surface area contributed by atoms with Crippen molar-refractivity contribution in [3.63, 3.8) is 0 Å². The zero-order valence-electron chi connectivity index (χ0n) is 39.3. The Morgan fingerprint density at radius 3 is 2.26 bits per heavy atom. The molecule has 4 aromatic rings. The number of imide groups is 2. The first kappa shape index (κ1) is 48.8. The normalized spacial score (nSPS) is 17.8. The quantitative estimate of drug-likeness (QED) is 0.0618. The smallest absolute Gasteiger partial charge is 0.264 e. The molecular weight excluding hydrogens is 891 g/mol. The van der Waals surface area contributed by atoms with Gasteiger partial charge in [-0.05, 0) is 62.9 Å². The third-order valence-electron chi connectivity index (χ3n) is 13.2. The molecule has 69 heavy (non-hydrogen) atoms. The van der Waals surface area contributed by atoms with E-state index in [-0.39, 0.29) is 78.4 Å². The summed E-state index contributed by atoms with van der Waals surface area (Å²) in [5.74, 6) is -1.90. The number of benzene rings is 1. The average molecular weight is 950 g/mol. The number of Topliss-reactive ketones (excluding diaryl/α,β-unsaturated/α-hetero) is 1. The molecule has 1 saturated carbocycles. The number of aromatic nitrogens is 4. The van der Waals surface area contributed by atoms with E-state index in [1.165, 1.54) is 20.0 Å². The van der Waals surface area contributed by atoms with Crippen molar-refractivity contribution in [3.8, 4) is 0 Å². The van der Waals surface area contributed by atoms with Crippen LogP contribution >= 0.6 is 0 Å². The number of carbonyl (C=O) groups excluding carboxylic acids is 6. The summed E-state index contributed by atoms with van der Waals surface area (Å²) in [6.07, 6.45) is 7.44. The highest BCUT2D eigenvalue weighted by Crippen LogP contribution is 2.34. The van der Waals surface area contributed by atoms with Crippen LogP contribution in [-0.2, 0) is 28.6 Å². The molecule has 0 spiro atoms. The maximum atomic E-state index is 13.6. The lowest BCUT2D eigenvalue weighted by atomic mass is 10.0. The number of aryl methyl sites for hydroxylation is 1. The van der Waals surface area contributed by atoms with Crippen molar-refractivity contribution in [3.05, 3.63) is 75.3 Å². The number of piperidine rings is 1. The summed E-state index contributed by atoms with van der Waals surface area (Å²) in [5.41, 5.74) is 2.60. The van der Waals surface area contributed by atoms with E-state index in [0.29, 0.717) is 67.1 Å². The van der Waals surface area contributed by atoms with E-state index in [4.69, 9.17) is 19.2 Å². The Kier molecular flexibility index (Phi) is 15.7. The molecule has 1 atom stereocenters. The Labute approximate surface area is 398 Å². The first-order valence-corrected chi connectivity index (χ1v) is 23.6. The molecule has 1 aliphatic carbocycles. The second-order valence-corrected chi connectivity index (χ2v) is 17.6. The fourth-order valence-electron chi connectivity index (χ4n) is 9.41. The number of ether oxygens (including phenoxy) is 3. The number of hydrogen-bond acceptors (Lipinski definition) is 17. The van der Waals surface area contributed by atoms with Gasteiger partial charge in [0.1, 0.15) is 17.5 Å². The fraction of sp³-hybridized carbons (Fsp3) is 0.500. The summed E-state index contributed by atoms with van der Waals surface area (Å²) >= 11 is 0. The third-order valence-corrected chi connectivity index (χ3v) is 13.2. The number of ketones is 1. The van der Waals surface area contributed by atoms with Crippen LogP contribution in [0.1, 0.15) is 88.1 Å². The van der Waals surface area contributed by atoms with Gasteiger partial charge in [-0.2, -0.15) is 4.98 Å². The summed E-state index contributed by atoms with van der Waals surface area (Å²) in [5, 5.41) is 9.57. The van der Waals surface area contributed by atoms with E-state index in [9.17, 15) is 33.6 Å². The Morgan fingerprint density at radius 1 is 0.826 bits per heavy atom. The minimum absolute atomic E-state index is 0.0000600. The van der Waals surface area contributed by atoms with E-state index in [0.717, 1.165) is 73.9 Å². The minimum Gasteiger partial charge on any atom is -0.378 e. The molecule has 1 aromatic carbocycles. The number of likely N-dealkylation sites (N-methyl/N-ethyl adjacent to an activating group) is 1. The number of pyridine rings is 2. The predicted octanol–water partition coefficient (Wildman–Crippen LogP) is 2.70. The van der Waals surface area contributed by atoms with Gasteiger partial charge in [-0.15, -0.1) is 0 Å². The topological polar surface area (TPSA) is 240 Å². The van der Waals surface area contributed by atoms with Gasteiger partial charge in [0.2, 0.25) is 17.8 Å². The predicted molar refractivity (Wildman–Crippen MR) is 254 cm³/mol. The van der Waals surface area contributed by atoms with Gasteiger partial charge in [0.05, 0.1) is 74.8 Å². The summed E-state index contributed by atoms with van der Waals surface area (Å²) in [7, 11) is 1.34. The molecule has 3 N–H and O–H groups in total. The maximum absolute atomic E-state index is 13.6. The van der Waals surface area contributed by atoms with Crippen molar-refractivity contribution in [2.75, 3.05) is 108 Å². The first-order chi connectivity index (χ1) is 33.4. The Bertz CT molecular complexity index is 2640. The number of likely N-dealkylation sites (tertiary alicyclic amines) is 1. The number of piperazine rings is 1. The third kappa shape index (κ3) is 11.0. The van der Waals surface area contributed by atoms with Crippen molar-refractivity contribution < 1.29 is 43.0 Å². The molecule has 21 heteroatoms. The van der Waals surface area contributed by atoms with Gasteiger partial charge in [0.15, 0.2) is 5.78 Å². The molecule has 5 amide bonds. The summed E-state index contributed by atoms with van der Waals surface area (Å²) in [6, 6.07) is 7.54. The Morgan fingerprint density at radius 2 is 1.55 bits per heavy atom. The molecule has 3 aliphatic heterocycles. The van der Waals surface area contributed by atoms with Gasteiger partial charge in [-0.3, -0.25) is 52.8 Å². The number of amides is 5. The lowest BCUT2D eigenvalue weighted by molar-refractivity contribution is -0.149. The monoisotopic (exact) mass is 949 g/mol. The van der Waals surface area contributed by atoms with Crippen molar-refractivity contribution in [2.45, 2.75) is 64.5 Å². The Balaban J connectivity index is 0.665. The highest BCUT2D eigenvalue weighted by atomic mass is 16.5. The Hall–Kier alpha value is -6.68. The second-order valence-electron chi connectivity index (χ2n) is 17.6. The van der Waals surface area contributed by atoms with Gasteiger partial charge in [0.25, 0.3) is 23.3 Å². The number of hydrogen-bond donors (Lipinski definition) is 3. The molecule has 2 saturated heterocycles. The zero-order valence-corrected chi connectivity index (χ0v) is 39.3. The van der Waals surface area contributed by atoms with Crippen LogP contribution in [0.3, 0.4) is 0 Å². The van der Waals surface area contributed by atoms with E-state index in [2.05, 4.69) is 35.7 Å². The van der Waals surface area contributed by atoms with Crippen LogP contribution < -0.4 is 26.4 Å². The highest BCUT2D eigenvalue weighted by Gasteiger charge is 2.47. The van der Waals surface area contributed by atoms with Gasteiger partial charge < -0.3 is 35.1 Å². The molecule has 6 heterocycles. The number of nitrogens with one attached hydrogen (secondary N) is 3. The largest absolute Gasteiger partial charge is 0.378 e. The lowest BCUT2D eigenvalue weighted by Gasteiger charge is -2.35. The number of anilines is 4. The molecule has 0 radical (unpaired) electrons. The number of rotatable bonds is 21. The maximum Gasteiger partial charge on any atom is 0.264 e. The molecule has 21 nitrogen and oxygen atoms in total. The van der Waals surface area contributed by atoms with Crippen LogP contribution in [0.5, 0.6) is 0 Å². The number of nitrogens with zero attached hydrogens (tertiary/aromatic N) is 8. The van der Waals surface area contributed by atoms with Gasteiger partial charge >= 0.3 is 0 Å². The van der Waals surface area contributed by atoms with E-state index in [1.54, 1.807) is 29.8 Å². The van der Waals surface area contributed by atoms with Crippen molar-refractivity contribution in [1.82, 2.24) is 39.5 Å². The molecule has 0 bridgehead atoms. The SMILES string of the molecule is CC(=O)c1c(C)c2cnc(Nc3ccc(N4CCN(CCOCCOCCOCCNC(=O)CNc5cccc6c5C(=O)N(C5CCC(=O)N(C)C5=O)C6=O)CC4)cn3)nc2n(C2CCCC2)c1=O. The lowest BCUT2D eigenvalue weighted by Crippen LogP contribution is -2.54. The molecule has 3 aromatic heterocycles. The molecule has 8 rings (SSSR count). The molecular formula is C48H59N11O10. The first-order valence-electron chi connectivity index (χ1n) is 23.6. The fourth-order valence-corrected chi connectivity index (χ4v) is 9.41. The molecule has 366 valence electrons. The van der Waals surface area contributed by atoms with Crippen LogP contribution in [0.4, 0.5) is 23.1 Å². The van der Waals surface area contributed by atoms with Crippen LogP contribution in [0.2, 0.25) is 0 Å². The highest BCUT2D eigenvalue weighted by molar-refractivity contribution is 6.25. The molecule has 3 fully saturated rings. The summed E-state index contributed by atoms with van der Waals surface area (Å²) in [6.45, 7) is 10.1. The number of carbonyl (C=O) groups is 6. The van der Waals surface area contributed by atoms with Crippen LogP contribution in [0.25, 0.3) is 11.0 Å². The minimum atomic E-state index is -1.06. The number of fused-ring (bicyclic) bond motifs is 2. The van der Waals surface area contributed by atoms with Crippen LogP contribution in [0, 0.1) is 6.92 Å². The van der Waals surface area contributed by atoms with Crippen molar-refractivity contribution >= 4 is 69.5 Å². The summed E-state index contributed by atoms with van der Waals surface area (Å²) < 4.78 is 18.7. The van der Waals surface area contributed by atoms with Crippen molar-refractivity contribution in [1.29, 1.82) is 0 Å². The van der Waals surface area contributed by atoms with E-state index in [1.807, 2.05) is 18.3 Å². The van der Waals surface area contributed by atoms with Gasteiger partial charge in [-0.25, -0.2) is 9.97 Å².